The Morgan fingerprint density at radius 1 is 1.07 bits per heavy atom. The second kappa shape index (κ2) is 13.6. The highest BCUT2D eigenvalue weighted by molar-refractivity contribution is 6.03. The lowest BCUT2D eigenvalue weighted by Gasteiger charge is -2.46. The third-order valence-electron chi connectivity index (χ3n) is 12.0. The van der Waals surface area contributed by atoms with E-state index in [2.05, 4.69) is 16.7 Å². The number of hydrogen-bond acceptors (Lipinski definition) is 11. The number of anilines is 1. The van der Waals surface area contributed by atoms with Gasteiger partial charge in [-0.2, -0.15) is 9.97 Å². The molecule has 4 fully saturated rings. The Hall–Kier alpha value is -4.56. The van der Waals surface area contributed by atoms with Gasteiger partial charge >= 0.3 is 12.1 Å². The van der Waals surface area contributed by atoms with E-state index in [-0.39, 0.29) is 67.3 Å². The highest BCUT2D eigenvalue weighted by atomic mass is 19.1. The van der Waals surface area contributed by atoms with Crippen molar-refractivity contribution in [1.29, 1.82) is 0 Å². The molecule has 0 N–H and O–H groups in total. The summed E-state index contributed by atoms with van der Waals surface area (Å²) in [6, 6.07) is 8.94. The normalized spacial score (nSPS) is 25.9. The lowest BCUT2D eigenvalue weighted by molar-refractivity contribution is 0.00537. The van der Waals surface area contributed by atoms with Crippen LogP contribution in [0.1, 0.15) is 65.4 Å². The molecule has 5 aliphatic heterocycles. The Balaban J connectivity index is 1.20. The molecule has 292 valence electrons. The molecule has 9 rings (SSSR count). The maximum Gasteiger partial charge on any atom is 0.410 e. The van der Waals surface area contributed by atoms with E-state index < -0.39 is 23.1 Å². The van der Waals surface area contributed by atoms with Crippen LogP contribution in [0.3, 0.4) is 0 Å². The van der Waals surface area contributed by atoms with Gasteiger partial charge in [0.1, 0.15) is 53.2 Å². The molecule has 5 aliphatic rings. The third kappa shape index (κ3) is 6.16. The molecule has 14 heteroatoms. The summed E-state index contributed by atoms with van der Waals surface area (Å²) < 4.78 is 62.3. The molecule has 1 amide bonds. The minimum atomic E-state index is -0.930. The van der Waals surface area contributed by atoms with Crippen molar-refractivity contribution in [2.45, 2.75) is 102 Å². The van der Waals surface area contributed by atoms with Crippen molar-refractivity contribution in [1.82, 2.24) is 24.8 Å². The molecule has 0 unspecified atom stereocenters. The molecular formula is C41H48F2N6O6. The monoisotopic (exact) mass is 758 g/mol. The number of methoxy groups -OCH3 is 1. The molecule has 4 aromatic rings. The smallest absolute Gasteiger partial charge is 0.410 e. The number of rotatable bonds is 8. The van der Waals surface area contributed by atoms with Gasteiger partial charge in [-0.15, -0.1) is 0 Å². The summed E-state index contributed by atoms with van der Waals surface area (Å²) in [5, 5.41) is 2.05. The van der Waals surface area contributed by atoms with E-state index in [1.807, 2.05) is 49.9 Å². The summed E-state index contributed by atoms with van der Waals surface area (Å²) >= 11 is 0. The molecule has 12 nitrogen and oxygen atoms in total. The number of benzene rings is 2. The lowest BCUT2D eigenvalue weighted by atomic mass is 9.94. The van der Waals surface area contributed by atoms with E-state index in [0.29, 0.717) is 48.4 Å². The zero-order valence-corrected chi connectivity index (χ0v) is 32.1. The van der Waals surface area contributed by atoms with Crippen LogP contribution in [-0.2, 0) is 15.9 Å². The van der Waals surface area contributed by atoms with E-state index in [9.17, 15) is 9.18 Å². The van der Waals surface area contributed by atoms with Crippen molar-refractivity contribution in [3.63, 3.8) is 0 Å². The Morgan fingerprint density at radius 3 is 2.73 bits per heavy atom. The Morgan fingerprint density at radius 2 is 1.93 bits per heavy atom. The molecule has 2 aromatic heterocycles. The predicted molar refractivity (Wildman–Crippen MR) is 202 cm³/mol. The fourth-order valence-electron chi connectivity index (χ4n) is 9.72. The van der Waals surface area contributed by atoms with Crippen molar-refractivity contribution in [2.75, 3.05) is 51.7 Å². The lowest BCUT2D eigenvalue weighted by Crippen LogP contribution is -2.63. The first-order valence-electron chi connectivity index (χ1n) is 19.5. The van der Waals surface area contributed by atoms with Crippen LogP contribution in [0.4, 0.5) is 19.4 Å². The third-order valence-corrected chi connectivity index (χ3v) is 12.0. The number of fused-ring (bicyclic) bond motifs is 7. The fourth-order valence-corrected chi connectivity index (χ4v) is 9.72. The number of amides is 1. The van der Waals surface area contributed by atoms with Gasteiger partial charge in [0.15, 0.2) is 12.6 Å². The first kappa shape index (κ1) is 36.1. The van der Waals surface area contributed by atoms with Gasteiger partial charge in [0, 0.05) is 32.2 Å². The van der Waals surface area contributed by atoms with Crippen LogP contribution < -0.4 is 19.1 Å². The first-order chi connectivity index (χ1) is 26.5. The molecule has 0 aliphatic carbocycles. The zero-order valence-electron chi connectivity index (χ0n) is 32.1. The van der Waals surface area contributed by atoms with Gasteiger partial charge in [0.05, 0.1) is 23.7 Å². The van der Waals surface area contributed by atoms with Gasteiger partial charge in [-0.3, -0.25) is 9.80 Å². The highest BCUT2D eigenvalue weighted by Crippen LogP contribution is 2.47. The molecular weight excluding hydrogens is 710 g/mol. The molecule has 0 radical (unpaired) electrons. The average molecular weight is 759 g/mol. The maximum atomic E-state index is 17.6. The number of piperazine rings is 1. The van der Waals surface area contributed by atoms with Gasteiger partial charge in [-0.05, 0) is 87.9 Å². The topological polar surface area (TPSA) is 112 Å². The standard InChI is InChI=1S/C41H48F2N6O6/c1-6-23-9-7-10-24-15-27(54-22-51-5)16-28(31(23)24)34-33(43)35-32-36(46-38(45-35)53-21-41-13-8-14-47(41)18-25(42)17-41)48-19-26-11-12-29(30(48)20-52-37(32)44-34)49(26)39(50)55-40(2,3)4/h7,9-10,15-16,25-26,29-30H,6,8,11-14,17-22H2,1-5H3/t25-,26-,29+,30-,41-/m1/s1. The molecule has 0 saturated carbocycles. The SMILES string of the molecule is CCc1cccc2cc(OCOC)cc(-c3nc4c5c(nc(OC[C@]67CCCN6C[C@H](F)C7)nc5c3F)N3C[C@H]5CC[C@@H]([C@H]3CO4)N5C(=O)OC(C)(C)C)c12. The number of carbonyl (C=O) groups is 1. The van der Waals surface area contributed by atoms with Gasteiger partial charge in [0.25, 0.3) is 0 Å². The van der Waals surface area contributed by atoms with E-state index in [4.69, 9.17) is 38.6 Å². The minimum Gasteiger partial charge on any atom is -0.475 e. The number of alkyl halides is 1. The highest BCUT2D eigenvalue weighted by Gasteiger charge is 2.52. The number of carbonyl (C=O) groups excluding carboxylic acids is 1. The van der Waals surface area contributed by atoms with Crippen LogP contribution in [-0.4, -0.2) is 113 Å². The summed E-state index contributed by atoms with van der Waals surface area (Å²) in [5.74, 6) is 0.495. The summed E-state index contributed by atoms with van der Waals surface area (Å²) in [6.07, 6.45) is 3.08. The van der Waals surface area contributed by atoms with Gasteiger partial charge in [-0.25, -0.2) is 18.6 Å². The second-order valence-corrected chi connectivity index (χ2v) is 16.6. The summed E-state index contributed by atoms with van der Waals surface area (Å²) in [5.41, 5.74) is 0.506. The van der Waals surface area contributed by atoms with Crippen LogP contribution in [0.5, 0.6) is 17.6 Å². The van der Waals surface area contributed by atoms with E-state index in [1.165, 1.54) is 0 Å². The zero-order chi connectivity index (χ0) is 38.2. The molecule has 0 spiro atoms. The average Bonchev–Trinajstić information content (AvgIpc) is 3.76. The molecule has 2 bridgehead atoms. The largest absolute Gasteiger partial charge is 0.475 e. The minimum absolute atomic E-state index is 0.00638. The number of hydrogen-bond donors (Lipinski definition) is 0. The molecule has 55 heavy (non-hydrogen) atoms. The van der Waals surface area contributed by atoms with Crippen LogP contribution in [0.15, 0.2) is 30.3 Å². The summed E-state index contributed by atoms with van der Waals surface area (Å²) in [6.45, 7) is 9.64. The van der Waals surface area contributed by atoms with Crippen molar-refractivity contribution in [3.8, 4) is 28.9 Å². The van der Waals surface area contributed by atoms with Crippen LogP contribution >= 0.6 is 0 Å². The number of pyridine rings is 1. The Bertz CT molecular complexity index is 2170. The van der Waals surface area contributed by atoms with Crippen molar-refractivity contribution in [2.24, 2.45) is 0 Å². The quantitative estimate of drug-likeness (QED) is 0.176. The predicted octanol–water partition coefficient (Wildman–Crippen LogP) is 6.83. The number of aromatic nitrogens is 3. The summed E-state index contributed by atoms with van der Waals surface area (Å²) in [7, 11) is 1.54. The first-order valence-corrected chi connectivity index (χ1v) is 19.5. The van der Waals surface area contributed by atoms with Gasteiger partial charge < -0.3 is 28.6 Å². The molecule has 7 heterocycles. The van der Waals surface area contributed by atoms with Crippen molar-refractivity contribution in [3.05, 3.63) is 41.7 Å². The number of ether oxygens (including phenoxy) is 5. The number of halogens is 2. The Labute approximate surface area is 319 Å². The Kier molecular flexibility index (Phi) is 8.91. The maximum absolute atomic E-state index is 17.6. The van der Waals surface area contributed by atoms with E-state index in [1.54, 1.807) is 13.2 Å². The second-order valence-electron chi connectivity index (χ2n) is 16.6. The number of aryl methyl sites for hydroxylation is 1. The number of nitrogens with zero attached hydrogens (tertiary/aromatic N) is 6. The van der Waals surface area contributed by atoms with Crippen LogP contribution in [0.25, 0.3) is 32.9 Å². The molecule has 4 saturated heterocycles. The van der Waals surface area contributed by atoms with E-state index >= 15 is 4.39 Å². The van der Waals surface area contributed by atoms with Gasteiger partial charge in [0.2, 0.25) is 5.88 Å². The van der Waals surface area contributed by atoms with Crippen LogP contribution in [0, 0.1) is 5.82 Å². The van der Waals surface area contributed by atoms with Crippen LogP contribution in [0.2, 0.25) is 0 Å². The van der Waals surface area contributed by atoms with Crippen molar-refractivity contribution >= 4 is 33.6 Å². The molecule has 5 atom stereocenters. The van der Waals surface area contributed by atoms with Gasteiger partial charge in [-0.1, -0.05) is 25.1 Å². The fraction of sp³-hybridized carbons (Fsp3) is 0.561. The van der Waals surface area contributed by atoms with Crippen molar-refractivity contribution < 1.29 is 37.3 Å². The summed E-state index contributed by atoms with van der Waals surface area (Å²) in [4.78, 5) is 34.4. The molecule has 2 aromatic carbocycles. The van der Waals surface area contributed by atoms with E-state index in [0.717, 1.165) is 48.6 Å².